The van der Waals surface area contributed by atoms with Gasteiger partial charge in [0.05, 0.1) is 4.90 Å². The average molecular weight is 412 g/mol. The van der Waals surface area contributed by atoms with Gasteiger partial charge in [0.1, 0.15) is 0 Å². The Hall–Kier alpha value is -1.44. The third-order valence-corrected chi connectivity index (χ3v) is 6.61. The molecular weight excluding hydrogens is 374 g/mol. The van der Waals surface area contributed by atoms with Crippen molar-refractivity contribution >= 4 is 15.9 Å². The molecule has 1 N–H and O–H groups in total. The quantitative estimate of drug-likeness (QED) is 0.477. The molecule has 0 aliphatic rings. The summed E-state index contributed by atoms with van der Waals surface area (Å²) in [7, 11) is 0.239. The Kier molecular flexibility index (Phi) is 11.3. The van der Waals surface area contributed by atoms with E-state index in [0.717, 1.165) is 45.1 Å². The van der Waals surface area contributed by atoms with Crippen molar-refractivity contribution in [3.05, 3.63) is 29.8 Å². The average Bonchev–Trinajstić information content (AvgIpc) is 2.69. The van der Waals surface area contributed by atoms with Crippen LogP contribution in [0.1, 0.15) is 62.7 Å². The number of hydrogen-bond acceptors (Lipinski definition) is 4. The first kappa shape index (κ1) is 24.6. The number of hydrogen-bond donors (Lipinski definition) is 1. The van der Waals surface area contributed by atoms with Gasteiger partial charge >= 0.3 is 0 Å². The summed E-state index contributed by atoms with van der Waals surface area (Å²) in [5.41, 5.74) is 0.522. The molecule has 6 nitrogen and oxygen atoms in total. The number of unbranched alkanes of at least 4 members (excludes halogenated alkanes) is 3. The van der Waals surface area contributed by atoms with Crippen molar-refractivity contribution in [3.63, 3.8) is 0 Å². The molecule has 28 heavy (non-hydrogen) atoms. The third-order valence-electron chi connectivity index (χ3n) is 4.70. The number of benzene rings is 1. The van der Waals surface area contributed by atoms with Gasteiger partial charge in [-0.3, -0.25) is 4.79 Å². The van der Waals surface area contributed by atoms with E-state index in [-0.39, 0.29) is 10.8 Å². The SMILES string of the molecule is CCCN(CCC)S(=O)(=O)c1ccc(C(=O)N(C)CCCCCCNC)cc1. The van der Waals surface area contributed by atoms with E-state index in [0.29, 0.717) is 25.2 Å². The van der Waals surface area contributed by atoms with Crippen molar-refractivity contribution < 1.29 is 13.2 Å². The Labute approximate surface area is 171 Å². The minimum atomic E-state index is -3.51. The van der Waals surface area contributed by atoms with Gasteiger partial charge in [0.25, 0.3) is 5.91 Å². The minimum absolute atomic E-state index is 0.0712. The van der Waals surface area contributed by atoms with Gasteiger partial charge in [-0.25, -0.2) is 8.42 Å². The normalized spacial score (nSPS) is 11.8. The maximum Gasteiger partial charge on any atom is 0.253 e. The minimum Gasteiger partial charge on any atom is -0.342 e. The maximum atomic E-state index is 12.8. The van der Waals surface area contributed by atoms with Crippen molar-refractivity contribution in [1.29, 1.82) is 0 Å². The molecule has 0 aliphatic carbocycles. The van der Waals surface area contributed by atoms with Gasteiger partial charge in [0, 0.05) is 32.2 Å². The molecule has 0 bridgehead atoms. The Morgan fingerprint density at radius 1 is 0.929 bits per heavy atom. The maximum absolute atomic E-state index is 12.8. The molecule has 0 aromatic heterocycles. The van der Waals surface area contributed by atoms with Gasteiger partial charge in [0.15, 0.2) is 0 Å². The van der Waals surface area contributed by atoms with E-state index in [9.17, 15) is 13.2 Å². The zero-order valence-electron chi connectivity index (χ0n) is 17.9. The molecule has 1 rings (SSSR count). The topological polar surface area (TPSA) is 69.7 Å². The van der Waals surface area contributed by atoms with E-state index in [4.69, 9.17) is 0 Å². The van der Waals surface area contributed by atoms with Gasteiger partial charge in [-0.15, -0.1) is 0 Å². The van der Waals surface area contributed by atoms with E-state index in [2.05, 4.69) is 5.32 Å². The summed E-state index contributed by atoms with van der Waals surface area (Å²) in [6.07, 6.45) is 5.92. The zero-order chi connectivity index (χ0) is 21.0. The van der Waals surface area contributed by atoms with Crippen LogP contribution in [0.3, 0.4) is 0 Å². The molecule has 0 radical (unpaired) electrons. The molecule has 0 heterocycles. The monoisotopic (exact) mass is 411 g/mol. The van der Waals surface area contributed by atoms with Crippen molar-refractivity contribution in [2.75, 3.05) is 40.3 Å². The first-order chi connectivity index (χ1) is 13.4. The highest BCUT2D eigenvalue weighted by Gasteiger charge is 2.23. The van der Waals surface area contributed by atoms with Crippen LogP contribution in [-0.2, 0) is 10.0 Å². The zero-order valence-corrected chi connectivity index (χ0v) is 18.7. The lowest BCUT2D eigenvalue weighted by Gasteiger charge is -2.21. The molecule has 0 aliphatic heterocycles. The molecule has 0 atom stereocenters. The number of carbonyl (C=O) groups excluding carboxylic acids is 1. The van der Waals surface area contributed by atoms with Gasteiger partial charge in [-0.05, 0) is 63.5 Å². The summed E-state index contributed by atoms with van der Waals surface area (Å²) in [6, 6.07) is 6.34. The van der Waals surface area contributed by atoms with Crippen molar-refractivity contribution in [3.8, 4) is 0 Å². The molecule has 1 aromatic carbocycles. The standard InChI is InChI=1S/C21H37N3O3S/c1-5-16-24(17-6-2)28(26,27)20-13-11-19(12-14-20)21(25)23(4)18-10-8-7-9-15-22-3/h11-14,22H,5-10,15-18H2,1-4H3. The number of rotatable bonds is 14. The van der Waals surface area contributed by atoms with Gasteiger partial charge in [0.2, 0.25) is 10.0 Å². The Balaban J connectivity index is 2.68. The largest absolute Gasteiger partial charge is 0.342 e. The Morgan fingerprint density at radius 3 is 2.04 bits per heavy atom. The van der Waals surface area contributed by atoms with Crippen LogP contribution in [0.15, 0.2) is 29.2 Å². The second kappa shape index (κ2) is 12.9. The molecule has 0 spiro atoms. The highest BCUT2D eigenvalue weighted by atomic mass is 32.2. The molecule has 0 unspecified atom stereocenters. The molecule has 1 amide bonds. The lowest BCUT2D eigenvalue weighted by atomic mass is 10.1. The number of amides is 1. The number of sulfonamides is 1. The summed E-state index contributed by atoms with van der Waals surface area (Å²) >= 11 is 0. The van der Waals surface area contributed by atoms with Crippen LogP contribution in [0.5, 0.6) is 0 Å². The van der Waals surface area contributed by atoms with Crippen LogP contribution in [-0.4, -0.2) is 63.8 Å². The molecule has 0 saturated carbocycles. The van der Waals surface area contributed by atoms with Crippen LogP contribution in [0.2, 0.25) is 0 Å². The summed E-state index contributed by atoms with van der Waals surface area (Å²) in [5, 5.41) is 3.13. The molecule has 1 aromatic rings. The summed E-state index contributed by atoms with van der Waals surface area (Å²) in [4.78, 5) is 14.5. The fourth-order valence-electron chi connectivity index (χ4n) is 3.10. The predicted molar refractivity (Wildman–Crippen MR) is 115 cm³/mol. The van der Waals surface area contributed by atoms with Crippen molar-refractivity contribution in [1.82, 2.24) is 14.5 Å². The number of carbonyl (C=O) groups is 1. The predicted octanol–water partition coefficient (Wildman–Crippen LogP) is 3.35. The number of nitrogens with zero attached hydrogens (tertiary/aromatic N) is 2. The molecule has 0 fully saturated rings. The molecule has 160 valence electrons. The van der Waals surface area contributed by atoms with Crippen LogP contribution in [0.25, 0.3) is 0 Å². The van der Waals surface area contributed by atoms with E-state index < -0.39 is 10.0 Å². The molecule has 0 saturated heterocycles. The highest BCUT2D eigenvalue weighted by molar-refractivity contribution is 7.89. The summed E-state index contributed by atoms with van der Waals surface area (Å²) in [5.74, 6) is -0.0712. The lowest BCUT2D eigenvalue weighted by Crippen LogP contribution is -2.32. The third kappa shape index (κ3) is 7.53. The van der Waals surface area contributed by atoms with Crippen LogP contribution < -0.4 is 5.32 Å². The second-order valence-corrected chi connectivity index (χ2v) is 9.11. The second-order valence-electron chi connectivity index (χ2n) is 7.17. The van der Waals surface area contributed by atoms with E-state index in [1.54, 1.807) is 36.2 Å². The lowest BCUT2D eigenvalue weighted by molar-refractivity contribution is 0.0792. The van der Waals surface area contributed by atoms with Crippen LogP contribution in [0.4, 0.5) is 0 Å². The van der Waals surface area contributed by atoms with Gasteiger partial charge in [-0.1, -0.05) is 26.7 Å². The van der Waals surface area contributed by atoms with Crippen molar-refractivity contribution in [2.45, 2.75) is 57.3 Å². The molecule has 7 heteroatoms. The smallest absolute Gasteiger partial charge is 0.253 e. The summed E-state index contributed by atoms with van der Waals surface area (Å²) in [6.45, 7) is 6.69. The highest BCUT2D eigenvalue weighted by Crippen LogP contribution is 2.18. The Morgan fingerprint density at radius 2 is 1.50 bits per heavy atom. The first-order valence-corrected chi connectivity index (χ1v) is 11.8. The van der Waals surface area contributed by atoms with Gasteiger partial charge < -0.3 is 10.2 Å². The van der Waals surface area contributed by atoms with Crippen LogP contribution in [0, 0.1) is 0 Å². The first-order valence-electron chi connectivity index (χ1n) is 10.4. The van der Waals surface area contributed by atoms with Crippen LogP contribution >= 0.6 is 0 Å². The molecular formula is C21H37N3O3S. The fraction of sp³-hybridized carbons (Fsp3) is 0.667. The summed E-state index contributed by atoms with van der Waals surface area (Å²) < 4.78 is 27.1. The Bertz CT molecular complexity index is 669. The van der Waals surface area contributed by atoms with E-state index in [1.807, 2.05) is 20.9 Å². The van der Waals surface area contributed by atoms with Gasteiger partial charge in [-0.2, -0.15) is 4.31 Å². The van der Waals surface area contributed by atoms with E-state index >= 15 is 0 Å². The van der Waals surface area contributed by atoms with Crippen molar-refractivity contribution in [2.24, 2.45) is 0 Å². The number of nitrogens with one attached hydrogen (secondary N) is 1. The van der Waals surface area contributed by atoms with E-state index in [1.165, 1.54) is 4.31 Å². The fourth-order valence-corrected chi connectivity index (χ4v) is 4.72.